The van der Waals surface area contributed by atoms with E-state index in [1.807, 2.05) is 20.8 Å². The van der Waals surface area contributed by atoms with Gasteiger partial charge in [-0.15, -0.1) is 11.3 Å². The van der Waals surface area contributed by atoms with E-state index in [9.17, 15) is 13.2 Å². The van der Waals surface area contributed by atoms with Crippen LogP contribution in [0.5, 0.6) is 0 Å². The van der Waals surface area contributed by atoms with Crippen molar-refractivity contribution in [2.75, 3.05) is 6.54 Å². The van der Waals surface area contributed by atoms with E-state index in [2.05, 4.69) is 26.0 Å². The summed E-state index contributed by atoms with van der Waals surface area (Å²) >= 11 is 4.58. The van der Waals surface area contributed by atoms with Crippen LogP contribution >= 0.6 is 27.3 Å². The fourth-order valence-corrected chi connectivity index (χ4v) is 4.79. The van der Waals surface area contributed by atoms with Gasteiger partial charge >= 0.3 is 0 Å². The third-order valence-electron chi connectivity index (χ3n) is 2.07. The maximum atomic E-state index is 12.0. The van der Waals surface area contributed by atoms with Gasteiger partial charge in [-0.25, -0.2) is 13.1 Å². The highest BCUT2D eigenvalue weighted by Gasteiger charge is 2.21. The average Bonchev–Trinajstić information content (AvgIpc) is 2.53. The molecule has 0 atom stereocenters. The summed E-state index contributed by atoms with van der Waals surface area (Å²) in [6.07, 6.45) is 0. The molecule has 1 aromatic rings. The normalized spacial score (nSPS) is 12.5. The first-order valence-electron chi connectivity index (χ1n) is 5.58. The van der Waals surface area contributed by atoms with Gasteiger partial charge < -0.3 is 5.32 Å². The van der Waals surface area contributed by atoms with Gasteiger partial charge in [0.2, 0.25) is 15.9 Å². The number of carbonyl (C=O) groups excluding carboxylic acids is 1. The van der Waals surface area contributed by atoms with Crippen molar-refractivity contribution < 1.29 is 13.2 Å². The molecule has 0 aliphatic carbocycles. The van der Waals surface area contributed by atoms with Crippen LogP contribution in [0.15, 0.2) is 14.7 Å². The minimum Gasteiger partial charge on any atom is -0.350 e. The van der Waals surface area contributed by atoms with E-state index in [-0.39, 0.29) is 22.9 Å². The van der Waals surface area contributed by atoms with Gasteiger partial charge in [0, 0.05) is 10.4 Å². The summed E-state index contributed by atoms with van der Waals surface area (Å²) in [6.45, 7) is 6.95. The second kappa shape index (κ2) is 5.90. The SMILES string of the molecule is Cc1sc(Br)cc1S(=O)(=O)NCC(=O)NC(C)(C)C. The lowest BCUT2D eigenvalue weighted by Gasteiger charge is -2.20. The van der Waals surface area contributed by atoms with Crippen LogP contribution in [0.2, 0.25) is 0 Å². The summed E-state index contributed by atoms with van der Waals surface area (Å²) in [5, 5.41) is 2.69. The van der Waals surface area contributed by atoms with Crippen LogP contribution in [0.25, 0.3) is 0 Å². The molecule has 19 heavy (non-hydrogen) atoms. The molecule has 5 nitrogen and oxygen atoms in total. The molecule has 0 radical (unpaired) electrons. The fourth-order valence-electron chi connectivity index (χ4n) is 1.40. The molecular weight excluding hydrogens is 352 g/mol. The first-order valence-corrected chi connectivity index (χ1v) is 8.67. The molecule has 108 valence electrons. The molecule has 0 unspecified atom stereocenters. The number of carbonyl (C=O) groups is 1. The maximum absolute atomic E-state index is 12.0. The van der Waals surface area contributed by atoms with Crippen LogP contribution in [-0.2, 0) is 14.8 Å². The zero-order chi connectivity index (χ0) is 14.8. The van der Waals surface area contributed by atoms with Crippen LogP contribution in [0.3, 0.4) is 0 Å². The smallest absolute Gasteiger partial charge is 0.242 e. The van der Waals surface area contributed by atoms with E-state index in [1.54, 1.807) is 6.92 Å². The van der Waals surface area contributed by atoms with Gasteiger partial charge in [0.25, 0.3) is 0 Å². The summed E-state index contributed by atoms with van der Waals surface area (Å²) in [4.78, 5) is 12.5. The van der Waals surface area contributed by atoms with Crippen LogP contribution in [0.1, 0.15) is 25.6 Å². The van der Waals surface area contributed by atoms with E-state index in [0.29, 0.717) is 4.88 Å². The second-order valence-electron chi connectivity index (χ2n) is 5.09. The molecule has 0 aliphatic heterocycles. The van der Waals surface area contributed by atoms with E-state index in [1.165, 1.54) is 17.4 Å². The van der Waals surface area contributed by atoms with Gasteiger partial charge in [-0.2, -0.15) is 0 Å². The second-order valence-corrected chi connectivity index (χ2v) is 9.46. The van der Waals surface area contributed by atoms with Gasteiger partial charge in [0.05, 0.1) is 15.2 Å². The number of sulfonamides is 1. The zero-order valence-electron chi connectivity index (χ0n) is 11.2. The Morgan fingerprint density at radius 1 is 1.42 bits per heavy atom. The molecular formula is C11H17BrN2O3S2. The number of nitrogens with one attached hydrogen (secondary N) is 2. The number of amides is 1. The third kappa shape index (κ3) is 5.21. The van der Waals surface area contributed by atoms with Gasteiger partial charge in [-0.1, -0.05) is 0 Å². The van der Waals surface area contributed by atoms with E-state index < -0.39 is 10.0 Å². The van der Waals surface area contributed by atoms with E-state index in [4.69, 9.17) is 0 Å². The van der Waals surface area contributed by atoms with Crippen molar-refractivity contribution in [3.8, 4) is 0 Å². The molecule has 0 saturated heterocycles. The highest BCUT2D eigenvalue weighted by Crippen LogP contribution is 2.29. The Morgan fingerprint density at radius 3 is 2.42 bits per heavy atom. The van der Waals surface area contributed by atoms with Gasteiger partial charge in [0.15, 0.2) is 0 Å². The molecule has 2 N–H and O–H groups in total. The number of aryl methyl sites for hydroxylation is 1. The van der Waals surface area contributed by atoms with Crippen LogP contribution in [0.4, 0.5) is 0 Å². The predicted octanol–water partition coefficient (Wildman–Crippen LogP) is 2.01. The van der Waals surface area contributed by atoms with E-state index >= 15 is 0 Å². The fraction of sp³-hybridized carbons (Fsp3) is 0.545. The van der Waals surface area contributed by atoms with Crippen molar-refractivity contribution in [1.29, 1.82) is 0 Å². The largest absolute Gasteiger partial charge is 0.350 e. The molecule has 0 aromatic carbocycles. The summed E-state index contributed by atoms with van der Waals surface area (Å²) < 4.78 is 27.1. The van der Waals surface area contributed by atoms with Gasteiger partial charge in [-0.05, 0) is 49.7 Å². The standard InChI is InChI=1S/C11H17BrN2O3S2/c1-7-8(5-9(12)18-7)19(16,17)13-6-10(15)14-11(2,3)4/h5,13H,6H2,1-4H3,(H,14,15). The Kier molecular flexibility index (Phi) is 5.16. The Balaban J connectivity index is 2.72. The van der Waals surface area contributed by atoms with Crippen molar-refractivity contribution in [3.63, 3.8) is 0 Å². The van der Waals surface area contributed by atoms with Crippen molar-refractivity contribution in [2.45, 2.75) is 38.1 Å². The molecule has 1 amide bonds. The Morgan fingerprint density at radius 2 is 2.00 bits per heavy atom. The van der Waals surface area contributed by atoms with Crippen molar-refractivity contribution in [1.82, 2.24) is 10.0 Å². The predicted molar refractivity (Wildman–Crippen MR) is 79.8 cm³/mol. The topological polar surface area (TPSA) is 75.3 Å². The number of hydrogen-bond acceptors (Lipinski definition) is 4. The lowest BCUT2D eigenvalue weighted by Crippen LogP contribution is -2.45. The third-order valence-corrected chi connectivity index (χ3v) is 5.28. The quantitative estimate of drug-likeness (QED) is 0.853. The van der Waals surface area contributed by atoms with E-state index in [0.717, 1.165) is 3.79 Å². The zero-order valence-corrected chi connectivity index (χ0v) is 14.4. The molecule has 1 aromatic heterocycles. The summed E-state index contributed by atoms with van der Waals surface area (Å²) in [6, 6.07) is 1.53. The number of rotatable bonds is 4. The number of hydrogen-bond donors (Lipinski definition) is 2. The molecule has 0 spiro atoms. The minimum atomic E-state index is -3.65. The number of thiophene rings is 1. The maximum Gasteiger partial charge on any atom is 0.242 e. The molecule has 1 heterocycles. The monoisotopic (exact) mass is 368 g/mol. The number of halogens is 1. The molecule has 0 fully saturated rings. The van der Waals surface area contributed by atoms with Gasteiger partial charge in [-0.3, -0.25) is 4.79 Å². The Hall–Kier alpha value is -0.440. The van der Waals surface area contributed by atoms with Crippen molar-refractivity contribution in [2.24, 2.45) is 0 Å². The molecule has 0 bridgehead atoms. The van der Waals surface area contributed by atoms with Crippen LogP contribution in [0, 0.1) is 6.92 Å². The van der Waals surface area contributed by atoms with Crippen LogP contribution < -0.4 is 10.0 Å². The minimum absolute atomic E-state index is 0.202. The first kappa shape index (κ1) is 16.6. The summed E-state index contributed by atoms with van der Waals surface area (Å²) in [5.41, 5.74) is -0.385. The average molecular weight is 369 g/mol. The van der Waals surface area contributed by atoms with Gasteiger partial charge in [0.1, 0.15) is 0 Å². The molecule has 0 saturated carbocycles. The highest BCUT2D eigenvalue weighted by atomic mass is 79.9. The molecule has 8 heteroatoms. The Bertz CT molecular complexity index is 573. The molecule has 0 aliphatic rings. The Labute approximate surface area is 126 Å². The lowest BCUT2D eigenvalue weighted by molar-refractivity contribution is -0.121. The summed E-state index contributed by atoms with van der Waals surface area (Å²) in [7, 11) is -3.65. The lowest BCUT2D eigenvalue weighted by atomic mass is 10.1. The highest BCUT2D eigenvalue weighted by molar-refractivity contribution is 9.11. The van der Waals surface area contributed by atoms with Crippen molar-refractivity contribution >= 4 is 43.2 Å². The van der Waals surface area contributed by atoms with Crippen LogP contribution in [-0.4, -0.2) is 26.4 Å². The molecule has 1 rings (SSSR count). The first-order chi connectivity index (χ1) is 8.51. The van der Waals surface area contributed by atoms with Crippen molar-refractivity contribution in [3.05, 3.63) is 14.7 Å². The summed E-state index contributed by atoms with van der Waals surface area (Å²) in [5.74, 6) is -0.358.